The van der Waals surface area contributed by atoms with Crippen molar-refractivity contribution in [1.82, 2.24) is 5.32 Å². The van der Waals surface area contributed by atoms with Crippen molar-refractivity contribution in [2.24, 2.45) is 0 Å². The fourth-order valence-electron chi connectivity index (χ4n) is 2.11. The molecule has 2 atom stereocenters. The van der Waals surface area contributed by atoms with Crippen LogP contribution in [0.15, 0.2) is 12.1 Å². The monoisotopic (exact) mass is 243 g/mol. The summed E-state index contributed by atoms with van der Waals surface area (Å²) in [6, 6.07) is 2.92. The van der Waals surface area contributed by atoms with Crippen molar-refractivity contribution in [1.29, 1.82) is 0 Å². The third-order valence-electron chi connectivity index (χ3n) is 2.75. The minimum Gasteiger partial charge on any atom is -0.489 e. The van der Waals surface area contributed by atoms with E-state index in [-0.39, 0.29) is 18.0 Å². The standard InChI is InChI=1S/C12H15ClFNO/c1-3-15-11-4-7(2)16-12-9(11)5-8(14)6-10(12)13/h5-7,11,15H,3-4H2,1-2H3. The molecule has 1 aromatic rings. The Morgan fingerprint density at radius 3 is 3.00 bits per heavy atom. The number of hydrogen-bond acceptors (Lipinski definition) is 2. The van der Waals surface area contributed by atoms with Crippen LogP contribution >= 0.6 is 11.6 Å². The molecule has 2 nitrogen and oxygen atoms in total. The van der Waals surface area contributed by atoms with E-state index in [0.717, 1.165) is 18.5 Å². The van der Waals surface area contributed by atoms with E-state index in [2.05, 4.69) is 5.32 Å². The Kier molecular flexibility index (Phi) is 3.36. The van der Waals surface area contributed by atoms with Gasteiger partial charge in [0.15, 0.2) is 0 Å². The Bertz CT molecular complexity index is 397. The molecule has 2 rings (SSSR count). The molecule has 0 saturated carbocycles. The molecule has 0 radical (unpaired) electrons. The van der Waals surface area contributed by atoms with Crippen LogP contribution in [0.25, 0.3) is 0 Å². The minimum atomic E-state index is -0.315. The lowest BCUT2D eigenvalue weighted by atomic mass is 9.97. The molecule has 1 aliphatic heterocycles. The van der Waals surface area contributed by atoms with Crippen molar-refractivity contribution in [2.75, 3.05) is 6.54 Å². The average Bonchev–Trinajstić information content (AvgIpc) is 2.20. The lowest BCUT2D eigenvalue weighted by molar-refractivity contribution is 0.167. The molecule has 4 heteroatoms. The predicted octanol–water partition coefficient (Wildman–Crippen LogP) is 3.30. The first-order chi connectivity index (χ1) is 7.61. The van der Waals surface area contributed by atoms with Crippen LogP contribution in [-0.2, 0) is 0 Å². The van der Waals surface area contributed by atoms with Gasteiger partial charge in [-0.3, -0.25) is 0 Å². The van der Waals surface area contributed by atoms with Crippen molar-refractivity contribution in [3.63, 3.8) is 0 Å². The molecule has 1 aromatic carbocycles. The number of rotatable bonds is 2. The van der Waals surface area contributed by atoms with E-state index in [4.69, 9.17) is 16.3 Å². The summed E-state index contributed by atoms with van der Waals surface area (Å²) in [5.41, 5.74) is 0.824. The molecule has 0 aromatic heterocycles. The molecule has 1 aliphatic rings. The highest BCUT2D eigenvalue weighted by molar-refractivity contribution is 6.32. The number of ether oxygens (including phenoxy) is 1. The largest absolute Gasteiger partial charge is 0.489 e. The molecular formula is C12H15ClFNO. The van der Waals surface area contributed by atoms with Crippen LogP contribution in [0.1, 0.15) is 31.9 Å². The second-order valence-corrected chi connectivity index (χ2v) is 4.49. The highest BCUT2D eigenvalue weighted by Crippen LogP contribution is 2.40. The highest BCUT2D eigenvalue weighted by Gasteiger charge is 2.27. The van der Waals surface area contributed by atoms with Gasteiger partial charge in [0, 0.05) is 18.0 Å². The molecular weight excluding hydrogens is 229 g/mol. The van der Waals surface area contributed by atoms with Crippen molar-refractivity contribution >= 4 is 11.6 Å². The second kappa shape index (κ2) is 4.60. The van der Waals surface area contributed by atoms with Gasteiger partial charge in [-0.2, -0.15) is 0 Å². The normalized spacial score (nSPS) is 23.8. The predicted molar refractivity (Wildman–Crippen MR) is 62.5 cm³/mol. The van der Waals surface area contributed by atoms with Crippen LogP contribution < -0.4 is 10.1 Å². The summed E-state index contributed by atoms with van der Waals surface area (Å²) in [7, 11) is 0. The molecule has 0 bridgehead atoms. The molecule has 0 fully saturated rings. The average molecular weight is 244 g/mol. The summed E-state index contributed by atoms with van der Waals surface area (Å²) in [5, 5.41) is 3.67. The van der Waals surface area contributed by atoms with Gasteiger partial charge in [0.25, 0.3) is 0 Å². The summed E-state index contributed by atoms with van der Waals surface area (Å²) in [5.74, 6) is 0.303. The van der Waals surface area contributed by atoms with E-state index in [9.17, 15) is 4.39 Å². The topological polar surface area (TPSA) is 21.3 Å². The molecule has 1 N–H and O–H groups in total. The van der Waals surface area contributed by atoms with Crippen LogP contribution in [0.3, 0.4) is 0 Å². The molecule has 16 heavy (non-hydrogen) atoms. The van der Waals surface area contributed by atoms with Gasteiger partial charge >= 0.3 is 0 Å². The van der Waals surface area contributed by atoms with Crippen molar-refractivity contribution < 1.29 is 9.13 Å². The molecule has 2 unspecified atom stereocenters. The summed E-state index contributed by atoms with van der Waals surface area (Å²) >= 11 is 5.99. The Morgan fingerprint density at radius 2 is 2.31 bits per heavy atom. The number of hydrogen-bond donors (Lipinski definition) is 1. The molecule has 0 amide bonds. The Labute approximate surface area is 99.7 Å². The molecule has 0 spiro atoms. The zero-order valence-electron chi connectivity index (χ0n) is 9.39. The summed E-state index contributed by atoms with van der Waals surface area (Å²) in [6.07, 6.45) is 0.931. The number of fused-ring (bicyclic) bond motifs is 1. The van der Waals surface area contributed by atoms with Gasteiger partial charge in [0.05, 0.1) is 11.1 Å². The molecule has 1 heterocycles. The number of nitrogens with one attached hydrogen (secondary N) is 1. The van der Waals surface area contributed by atoms with Crippen LogP contribution in [0.2, 0.25) is 5.02 Å². The third-order valence-corrected chi connectivity index (χ3v) is 3.03. The zero-order chi connectivity index (χ0) is 11.7. The summed E-state index contributed by atoms with van der Waals surface area (Å²) in [6.45, 7) is 4.86. The highest BCUT2D eigenvalue weighted by atomic mass is 35.5. The van der Waals surface area contributed by atoms with Crippen molar-refractivity contribution in [3.05, 3.63) is 28.5 Å². The number of halogens is 2. The lowest BCUT2D eigenvalue weighted by Gasteiger charge is -2.31. The molecule has 0 aliphatic carbocycles. The summed E-state index contributed by atoms with van der Waals surface area (Å²) in [4.78, 5) is 0. The van der Waals surface area contributed by atoms with Gasteiger partial charge in [-0.05, 0) is 25.6 Å². The first-order valence-corrected chi connectivity index (χ1v) is 5.88. The third kappa shape index (κ3) is 2.15. The summed E-state index contributed by atoms with van der Waals surface area (Å²) < 4.78 is 19.0. The zero-order valence-corrected chi connectivity index (χ0v) is 10.1. The Balaban J connectivity index is 2.43. The first-order valence-electron chi connectivity index (χ1n) is 5.50. The fraction of sp³-hybridized carbons (Fsp3) is 0.500. The quantitative estimate of drug-likeness (QED) is 0.861. The fourth-order valence-corrected chi connectivity index (χ4v) is 2.37. The van der Waals surface area contributed by atoms with Gasteiger partial charge in [-0.1, -0.05) is 18.5 Å². The second-order valence-electron chi connectivity index (χ2n) is 4.08. The van der Waals surface area contributed by atoms with Gasteiger partial charge in [0.1, 0.15) is 11.6 Å². The first kappa shape index (κ1) is 11.7. The van der Waals surface area contributed by atoms with E-state index in [1.807, 2.05) is 13.8 Å². The number of benzene rings is 1. The van der Waals surface area contributed by atoms with Crippen molar-refractivity contribution in [3.8, 4) is 5.75 Å². The maximum absolute atomic E-state index is 13.3. The smallest absolute Gasteiger partial charge is 0.143 e. The van der Waals surface area contributed by atoms with Crippen LogP contribution in [0, 0.1) is 5.82 Å². The van der Waals surface area contributed by atoms with E-state index in [1.54, 1.807) is 0 Å². The minimum absolute atomic E-state index is 0.0968. The SMILES string of the molecule is CCNC1CC(C)Oc2c(Cl)cc(F)cc21. The van der Waals surface area contributed by atoms with Crippen molar-refractivity contribution in [2.45, 2.75) is 32.4 Å². The Hall–Kier alpha value is -0.800. The van der Waals surface area contributed by atoms with Crippen LogP contribution in [0.5, 0.6) is 5.75 Å². The van der Waals surface area contributed by atoms with E-state index >= 15 is 0 Å². The van der Waals surface area contributed by atoms with Gasteiger partial charge < -0.3 is 10.1 Å². The molecule has 0 saturated heterocycles. The van der Waals surface area contributed by atoms with E-state index in [0.29, 0.717) is 10.8 Å². The van der Waals surface area contributed by atoms with Gasteiger partial charge in [-0.25, -0.2) is 4.39 Å². The van der Waals surface area contributed by atoms with E-state index in [1.165, 1.54) is 12.1 Å². The maximum Gasteiger partial charge on any atom is 0.143 e. The molecule has 88 valence electrons. The van der Waals surface area contributed by atoms with Crippen LogP contribution in [-0.4, -0.2) is 12.6 Å². The van der Waals surface area contributed by atoms with Crippen LogP contribution in [0.4, 0.5) is 4.39 Å². The lowest BCUT2D eigenvalue weighted by Crippen LogP contribution is -2.31. The van der Waals surface area contributed by atoms with Gasteiger partial charge in [0.2, 0.25) is 0 Å². The van der Waals surface area contributed by atoms with Gasteiger partial charge in [-0.15, -0.1) is 0 Å². The van der Waals surface area contributed by atoms with E-state index < -0.39 is 0 Å². The Morgan fingerprint density at radius 1 is 1.56 bits per heavy atom. The maximum atomic E-state index is 13.3.